The van der Waals surface area contributed by atoms with Gasteiger partial charge >= 0.3 is 0 Å². The predicted molar refractivity (Wildman–Crippen MR) is 110 cm³/mol. The third-order valence-electron chi connectivity index (χ3n) is 5.39. The minimum absolute atomic E-state index is 0.234. The second-order valence-electron chi connectivity index (χ2n) is 7.52. The van der Waals surface area contributed by atoms with Crippen molar-refractivity contribution in [3.8, 4) is 0 Å². The van der Waals surface area contributed by atoms with Gasteiger partial charge in [-0.3, -0.25) is 4.98 Å². The third-order valence-corrected chi connectivity index (χ3v) is 5.88. The standard InChI is InChI=1S/C21H21BrN4O2/c1-12-8-16(5-6-27-12)26-20(10-15-7-13(2)28-25-15)24-19-11-23-18-4-3-14(22)9-17(18)21(19)26/h3-4,7,9,11-12,16H,5-6,8,10H2,1-2H3/t12-,16-/m0/s1. The Kier molecular flexibility index (Phi) is 4.44. The first-order chi connectivity index (χ1) is 13.6. The normalized spacial score (nSPS) is 20.2. The lowest BCUT2D eigenvalue weighted by atomic mass is 10.0. The zero-order valence-electron chi connectivity index (χ0n) is 15.9. The maximum atomic E-state index is 5.81. The molecular weight excluding hydrogens is 420 g/mol. The van der Waals surface area contributed by atoms with Crippen molar-refractivity contribution >= 4 is 37.9 Å². The molecule has 4 heterocycles. The molecule has 1 aliphatic rings. The molecule has 0 unspecified atom stereocenters. The zero-order chi connectivity index (χ0) is 19.3. The van der Waals surface area contributed by atoms with Crippen molar-refractivity contribution in [2.75, 3.05) is 6.61 Å². The Morgan fingerprint density at radius 3 is 2.93 bits per heavy atom. The van der Waals surface area contributed by atoms with Gasteiger partial charge in [-0.25, -0.2) is 4.98 Å². The van der Waals surface area contributed by atoms with Crippen molar-refractivity contribution in [3.05, 3.63) is 52.2 Å². The van der Waals surface area contributed by atoms with E-state index in [0.717, 1.165) is 63.1 Å². The number of hydrogen-bond donors (Lipinski definition) is 0. The Hall–Kier alpha value is -2.25. The van der Waals surface area contributed by atoms with Crippen LogP contribution in [0.2, 0.25) is 0 Å². The highest BCUT2D eigenvalue weighted by molar-refractivity contribution is 9.10. The summed E-state index contributed by atoms with van der Waals surface area (Å²) < 4.78 is 14.5. The number of hydrogen-bond acceptors (Lipinski definition) is 5. The van der Waals surface area contributed by atoms with E-state index in [-0.39, 0.29) is 6.10 Å². The van der Waals surface area contributed by atoms with Gasteiger partial charge in [-0.1, -0.05) is 21.1 Å². The summed E-state index contributed by atoms with van der Waals surface area (Å²) in [6.45, 7) is 4.82. The van der Waals surface area contributed by atoms with Gasteiger partial charge in [-0.05, 0) is 44.9 Å². The number of ether oxygens (including phenoxy) is 1. The van der Waals surface area contributed by atoms with E-state index < -0.39 is 0 Å². The molecule has 0 amide bonds. The van der Waals surface area contributed by atoms with E-state index in [1.165, 1.54) is 0 Å². The molecule has 1 saturated heterocycles. The lowest BCUT2D eigenvalue weighted by Crippen LogP contribution is -2.26. The predicted octanol–water partition coefficient (Wildman–Crippen LogP) is 4.97. The van der Waals surface area contributed by atoms with Crippen LogP contribution in [0.1, 0.15) is 43.1 Å². The van der Waals surface area contributed by atoms with E-state index in [4.69, 9.17) is 14.2 Å². The molecule has 0 bridgehead atoms. The van der Waals surface area contributed by atoms with Crippen molar-refractivity contribution < 1.29 is 9.26 Å². The summed E-state index contributed by atoms with van der Waals surface area (Å²) in [7, 11) is 0. The van der Waals surface area contributed by atoms with Crippen molar-refractivity contribution in [3.63, 3.8) is 0 Å². The maximum Gasteiger partial charge on any atom is 0.133 e. The number of rotatable bonds is 3. The average molecular weight is 441 g/mol. The Labute approximate surface area is 171 Å². The van der Waals surface area contributed by atoms with E-state index in [9.17, 15) is 0 Å². The maximum absolute atomic E-state index is 5.81. The fraction of sp³-hybridized carbons (Fsp3) is 0.381. The van der Waals surface area contributed by atoms with Crippen molar-refractivity contribution in [2.24, 2.45) is 0 Å². The van der Waals surface area contributed by atoms with Gasteiger partial charge in [0.2, 0.25) is 0 Å². The number of nitrogens with zero attached hydrogens (tertiary/aromatic N) is 4. The number of halogens is 1. The van der Waals surface area contributed by atoms with Gasteiger partial charge in [-0.2, -0.15) is 0 Å². The summed E-state index contributed by atoms with van der Waals surface area (Å²) in [5, 5.41) is 5.29. The highest BCUT2D eigenvalue weighted by Gasteiger charge is 2.26. The van der Waals surface area contributed by atoms with E-state index >= 15 is 0 Å². The van der Waals surface area contributed by atoms with Gasteiger partial charge in [-0.15, -0.1) is 0 Å². The molecule has 3 aromatic heterocycles. The summed E-state index contributed by atoms with van der Waals surface area (Å²) in [5.74, 6) is 1.81. The first-order valence-corrected chi connectivity index (χ1v) is 10.4. The van der Waals surface area contributed by atoms with Crippen LogP contribution in [-0.2, 0) is 11.2 Å². The molecule has 2 atom stereocenters. The van der Waals surface area contributed by atoms with Gasteiger partial charge in [0.25, 0.3) is 0 Å². The molecule has 6 nitrogen and oxygen atoms in total. The highest BCUT2D eigenvalue weighted by Crippen LogP contribution is 2.34. The van der Waals surface area contributed by atoms with Crippen LogP contribution in [0.5, 0.6) is 0 Å². The largest absolute Gasteiger partial charge is 0.378 e. The number of aromatic nitrogens is 4. The number of fused-ring (bicyclic) bond motifs is 3. The Bertz CT molecular complexity index is 1170. The zero-order valence-corrected chi connectivity index (χ0v) is 17.4. The molecule has 0 spiro atoms. The quantitative estimate of drug-likeness (QED) is 0.449. The fourth-order valence-electron chi connectivity index (χ4n) is 4.19. The summed E-state index contributed by atoms with van der Waals surface area (Å²) in [6.07, 6.45) is 4.68. The molecule has 1 fully saturated rings. The summed E-state index contributed by atoms with van der Waals surface area (Å²) >= 11 is 3.61. The molecule has 28 heavy (non-hydrogen) atoms. The lowest BCUT2D eigenvalue weighted by Gasteiger charge is -2.30. The minimum atomic E-state index is 0.234. The van der Waals surface area contributed by atoms with Crippen LogP contribution in [-0.4, -0.2) is 32.4 Å². The Morgan fingerprint density at radius 2 is 2.14 bits per heavy atom. The van der Waals surface area contributed by atoms with Crippen LogP contribution in [0.3, 0.4) is 0 Å². The number of benzene rings is 1. The molecule has 7 heteroatoms. The second-order valence-corrected chi connectivity index (χ2v) is 8.43. The molecule has 5 rings (SSSR count). The van der Waals surface area contributed by atoms with Crippen molar-refractivity contribution in [1.82, 2.24) is 19.7 Å². The third kappa shape index (κ3) is 3.12. The smallest absolute Gasteiger partial charge is 0.133 e. The molecule has 1 aromatic carbocycles. The molecule has 0 N–H and O–H groups in total. The van der Waals surface area contributed by atoms with Gasteiger partial charge in [0, 0.05) is 28.6 Å². The van der Waals surface area contributed by atoms with Crippen LogP contribution in [0.15, 0.2) is 39.5 Å². The monoisotopic (exact) mass is 440 g/mol. The van der Waals surface area contributed by atoms with Gasteiger partial charge < -0.3 is 13.8 Å². The highest BCUT2D eigenvalue weighted by atomic mass is 79.9. The molecule has 144 valence electrons. The van der Waals surface area contributed by atoms with Gasteiger partial charge in [0.15, 0.2) is 0 Å². The Balaban J connectivity index is 1.74. The molecular formula is C21H21BrN4O2. The van der Waals surface area contributed by atoms with E-state index in [1.807, 2.05) is 31.3 Å². The van der Waals surface area contributed by atoms with E-state index in [1.54, 1.807) is 0 Å². The van der Waals surface area contributed by atoms with E-state index in [2.05, 4.69) is 43.6 Å². The molecule has 4 aromatic rings. The SMILES string of the molecule is Cc1cc(Cc2nc3cnc4ccc(Br)cc4c3n2[C@H]2CCO[C@@H](C)C2)no1. The first-order valence-electron chi connectivity index (χ1n) is 9.57. The van der Waals surface area contributed by atoms with Crippen LogP contribution >= 0.6 is 15.9 Å². The summed E-state index contributed by atoms with van der Waals surface area (Å²) in [5.41, 5.74) is 3.92. The van der Waals surface area contributed by atoms with Gasteiger partial charge in [0.05, 0.1) is 35.4 Å². The number of pyridine rings is 1. The first kappa shape index (κ1) is 17.8. The molecule has 1 aliphatic heterocycles. The second kappa shape index (κ2) is 6.97. The van der Waals surface area contributed by atoms with Crippen LogP contribution in [0.25, 0.3) is 21.9 Å². The summed E-state index contributed by atoms with van der Waals surface area (Å²) in [4.78, 5) is 9.58. The van der Waals surface area contributed by atoms with E-state index in [0.29, 0.717) is 12.5 Å². The molecule has 0 radical (unpaired) electrons. The van der Waals surface area contributed by atoms with Gasteiger partial charge in [0.1, 0.15) is 17.1 Å². The van der Waals surface area contributed by atoms with Crippen molar-refractivity contribution in [1.29, 1.82) is 0 Å². The van der Waals surface area contributed by atoms with Crippen molar-refractivity contribution in [2.45, 2.75) is 45.3 Å². The molecule has 0 saturated carbocycles. The minimum Gasteiger partial charge on any atom is -0.378 e. The van der Waals surface area contributed by atoms with Crippen LogP contribution < -0.4 is 0 Å². The number of imidazole rings is 1. The Morgan fingerprint density at radius 1 is 1.25 bits per heavy atom. The molecule has 0 aliphatic carbocycles. The average Bonchev–Trinajstić information content (AvgIpc) is 3.25. The summed E-state index contributed by atoms with van der Waals surface area (Å²) in [6, 6.07) is 8.51. The van der Waals surface area contributed by atoms with Crippen LogP contribution in [0, 0.1) is 6.92 Å². The topological polar surface area (TPSA) is 66.0 Å². The number of aryl methyl sites for hydroxylation is 1. The lowest BCUT2D eigenvalue weighted by molar-refractivity contribution is 0.00630. The fourth-order valence-corrected chi connectivity index (χ4v) is 4.55. The van der Waals surface area contributed by atoms with Crippen LogP contribution in [0.4, 0.5) is 0 Å².